The minimum Gasteiger partial charge on any atom is -0.364 e. The average molecular weight is 312 g/mol. The molecule has 2 fully saturated rings. The summed E-state index contributed by atoms with van der Waals surface area (Å²) in [5.41, 5.74) is 5.58. The van der Waals surface area contributed by atoms with Crippen LogP contribution in [0.3, 0.4) is 0 Å². The monoisotopic (exact) mass is 312 g/mol. The molecule has 0 radical (unpaired) electrons. The summed E-state index contributed by atoms with van der Waals surface area (Å²) >= 11 is 0. The van der Waals surface area contributed by atoms with Crippen LogP contribution in [0, 0.1) is 5.92 Å². The second-order valence-electron chi connectivity index (χ2n) is 6.64. The standard InChI is InChI=1S/C16H32N4O2/c1-3-19-6-8-20(9-7-19)12-13(2)11-18-16(21)15-5-4-14(10-17)22-15/h13-15H,3-12,17H2,1-2H3,(H,18,21)/t13?,14-,15+/m1/s1. The predicted octanol–water partition coefficient (Wildman–Crippen LogP) is -0.117. The van der Waals surface area contributed by atoms with E-state index < -0.39 is 0 Å². The third-order valence-electron chi connectivity index (χ3n) is 4.77. The number of carbonyl (C=O) groups is 1. The van der Waals surface area contributed by atoms with Crippen LogP contribution in [0.2, 0.25) is 0 Å². The molecule has 1 unspecified atom stereocenters. The summed E-state index contributed by atoms with van der Waals surface area (Å²) < 4.78 is 5.63. The van der Waals surface area contributed by atoms with E-state index in [4.69, 9.17) is 10.5 Å². The molecule has 1 amide bonds. The topological polar surface area (TPSA) is 70.8 Å². The van der Waals surface area contributed by atoms with E-state index >= 15 is 0 Å². The van der Waals surface area contributed by atoms with Crippen molar-refractivity contribution in [1.29, 1.82) is 0 Å². The maximum absolute atomic E-state index is 12.1. The highest BCUT2D eigenvalue weighted by Crippen LogP contribution is 2.18. The first kappa shape index (κ1) is 17.7. The smallest absolute Gasteiger partial charge is 0.249 e. The predicted molar refractivity (Wildman–Crippen MR) is 87.7 cm³/mol. The fourth-order valence-electron chi connectivity index (χ4n) is 3.25. The maximum Gasteiger partial charge on any atom is 0.249 e. The van der Waals surface area contributed by atoms with Gasteiger partial charge in [0.15, 0.2) is 0 Å². The summed E-state index contributed by atoms with van der Waals surface area (Å²) in [5, 5.41) is 3.04. The Morgan fingerprint density at radius 2 is 1.95 bits per heavy atom. The van der Waals surface area contributed by atoms with Crippen molar-refractivity contribution in [2.24, 2.45) is 11.7 Å². The van der Waals surface area contributed by atoms with Gasteiger partial charge >= 0.3 is 0 Å². The number of amides is 1. The Balaban J connectivity index is 1.61. The molecule has 0 spiro atoms. The molecule has 2 saturated heterocycles. The number of rotatable bonds is 7. The summed E-state index contributed by atoms with van der Waals surface area (Å²) in [6.45, 7) is 12.4. The number of nitrogens with two attached hydrogens (primary N) is 1. The lowest BCUT2D eigenvalue weighted by Crippen LogP contribution is -2.48. The van der Waals surface area contributed by atoms with E-state index in [2.05, 4.69) is 29.0 Å². The van der Waals surface area contributed by atoms with E-state index in [0.717, 1.165) is 58.7 Å². The van der Waals surface area contributed by atoms with E-state index in [9.17, 15) is 4.79 Å². The minimum absolute atomic E-state index is 0.0265. The van der Waals surface area contributed by atoms with Crippen LogP contribution in [-0.2, 0) is 9.53 Å². The van der Waals surface area contributed by atoms with E-state index in [0.29, 0.717) is 12.5 Å². The second kappa shape index (κ2) is 8.82. The highest BCUT2D eigenvalue weighted by atomic mass is 16.5. The van der Waals surface area contributed by atoms with Gasteiger partial charge in [0.2, 0.25) is 5.91 Å². The molecule has 0 aromatic heterocycles. The number of ether oxygens (including phenoxy) is 1. The zero-order valence-corrected chi connectivity index (χ0v) is 14.1. The van der Waals surface area contributed by atoms with Gasteiger partial charge < -0.3 is 25.6 Å². The van der Waals surface area contributed by atoms with Gasteiger partial charge in [-0.25, -0.2) is 0 Å². The molecule has 0 aromatic rings. The lowest BCUT2D eigenvalue weighted by molar-refractivity contribution is -0.132. The molecule has 3 N–H and O–H groups in total. The van der Waals surface area contributed by atoms with Crippen molar-refractivity contribution < 1.29 is 9.53 Å². The Bertz CT molecular complexity index is 345. The molecule has 6 heteroatoms. The Labute approximate surface area is 134 Å². The van der Waals surface area contributed by atoms with Crippen molar-refractivity contribution in [1.82, 2.24) is 15.1 Å². The van der Waals surface area contributed by atoms with E-state index in [1.54, 1.807) is 0 Å². The van der Waals surface area contributed by atoms with Crippen LogP contribution >= 0.6 is 0 Å². The van der Waals surface area contributed by atoms with Gasteiger partial charge in [-0.05, 0) is 25.3 Å². The van der Waals surface area contributed by atoms with Crippen molar-refractivity contribution in [2.45, 2.75) is 38.9 Å². The number of hydrogen-bond donors (Lipinski definition) is 2. The van der Waals surface area contributed by atoms with Gasteiger partial charge in [-0.1, -0.05) is 13.8 Å². The second-order valence-corrected chi connectivity index (χ2v) is 6.64. The molecule has 2 heterocycles. The van der Waals surface area contributed by atoms with E-state index in [1.165, 1.54) is 0 Å². The van der Waals surface area contributed by atoms with Gasteiger partial charge in [0.1, 0.15) is 6.10 Å². The normalized spacial score (nSPS) is 28.7. The van der Waals surface area contributed by atoms with Crippen LogP contribution in [-0.4, -0.2) is 80.3 Å². The number of likely N-dealkylation sites (N-methyl/N-ethyl adjacent to an activating group) is 1. The van der Waals surface area contributed by atoms with Crippen LogP contribution in [0.25, 0.3) is 0 Å². The summed E-state index contributed by atoms with van der Waals surface area (Å²) in [6, 6.07) is 0. The quantitative estimate of drug-likeness (QED) is 0.686. The van der Waals surface area contributed by atoms with Gasteiger partial charge in [0.05, 0.1) is 6.10 Å². The minimum atomic E-state index is -0.297. The zero-order valence-electron chi connectivity index (χ0n) is 14.1. The Morgan fingerprint density at radius 1 is 1.27 bits per heavy atom. The third kappa shape index (κ3) is 5.19. The Morgan fingerprint density at radius 3 is 2.55 bits per heavy atom. The largest absolute Gasteiger partial charge is 0.364 e. The average Bonchev–Trinajstić information content (AvgIpc) is 3.02. The van der Waals surface area contributed by atoms with Crippen LogP contribution in [0.4, 0.5) is 0 Å². The molecule has 22 heavy (non-hydrogen) atoms. The Hall–Kier alpha value is -0.690. The molecule has 0 aliphatic carbocycles. The summed E-state index contributed by atoms with van der Waals surface area (Å²) in [4.78, 5) is 17.1. The lowest BCUT2D eigenvalue weighted by atomic mass is 10.1. The molecule has 0 saturated carbocycles. The molecule has 6 nitrogen and oxygen atoms in total. The Kier molecular flexibility index (Phi) is 7.08. The first-order valence-electron chi connectivity index (χ1n) is 8.70. The fourth-order valence-corrected chi connectivity index (χ4v) is 3.25. The van der Waals surface area contributed by atoms with Crippen molar-refractivity contribution in [3.05, 3.63) is 0 Å². The number of carbonyl (C=O) groups excluding carboxylic acids is 1. The molecular formula is C16H32N4O2. The zero-order chi connectivity index (χ0) is 15.9. The van der Waals surface area contributed by atoms with Crippen LogP contribution in [0.5, 0.6) is 0 Å². The van der Waals surface area contributed by atoms with Crippen molar-refractivity contribution in [3.63, 3.8) is 0 Å². The van der Waals surface area contributed by atoms with E-state index in [1.807, 2.05) is 0 Å². The highest BCUT2D eigenvalue weighted by Gasteiger charge is 2.29. The molecule has 0 bridgehead atoms. The third-order valence-corrected chi connectivity index (χ3v) is 4.77. The van der Waals surface area contributed by atoms with Crippen molar-refractivity contribution in [3.8, 4) is 0 Å². The fraction of sp³-hybridized carbons (Fsp3) is 0.938. The van der Waals surface area contributed by atoms with Crippen molar-refractivity contribution in [2.75, 3.05) is 52.4 Å². The number of hydrogen-bond acceptors (Lipinski definition) is 5. The highest BCUT2D eigenvalue weighted by molar-refractivity contribution is 5.81. The molecule has 2 aliphatic rings. The van der Waals surface area contributed by atoms with Gasteiger partial charge in [-0.2, -0.15) is 0 Å². The summed E-state index contributed by atoms with van der Waals surface area (Å²) in [7, 11) is 0. The van der Waals surface area contributed by atoms with Crippen LogP contribution < -0.4 is 11.1 Å². The van der Waals surface area contributed by atoms with Gasteiger partial charge in [-0.15, -0.1) is 0 Å². The molecule has 3 atom stereocenters. The molecule has 2 aliphatic heterocycles. The first-order chi connectivity index (χ1) is 10.6. The number of nitrogens with zero attached hydrogens (tertiary/aromatic N) is 2. The van der Waals surface area contributed by atoms with Crippen LogP contribution in [0.15, 0.2) is 0 Å². The van der Waals surface area contributed by atoms with Gasteiger partial charge in [0.25, 0.3) is 0 Å². The van der Waals surface area contributed by atoms with Gasteiger partial charge in [0, 0.05) is 45.8 Å². The molecular weight excluding hydrogens is 280 g/mol. The molecule has 2 rings (SSSR count). The van der Waals surface area contributed by atoms with Crippen molar-refractivity contribution >= 4 is 5.91 Å². The first-order valence-corrected chi connectivity index (χ1v) is 8.70. The van der Waals surface area contributed by atoms with Crippen LogP contribution in [0.1, 0.15) is 26.7 Å². The SMILES string of the molecule is CCN1CCN(CC(C)CNC(=O)[C@@H]2CC[C@H](CN)O2)CC1. The van der Waals surface area contributed by atoms with E-state index in [-0.39, 0.29) is 18.1 Å². The maximum atomic E-state index is 12.1. The lowest BCUT2D eigenvalue weighted by Gasteiger charge is -2.35. The number of nitrogens with one attached hydrogen (secondary N) is 1. The summed E-state index contributed by atoms with van der Waals surface area (Å²) in [6.07, 6.45) is 1.45. The number of piperazine rings is 1. The van der Waals surface area contributed by atoms with Gasteiger partial charge in [-0.3, -0.25) is 4.79 Å². The molecule has 128 valence electrons. The molecule has 0 aromatic carbocycles. The summed E-state index contributed by atoms with van der Waals surface area (Å²) in [5.74, 6) is 0.488.